The van der Waals surface area contributed by atoms with Crippen LogP contribution in [0.3, 0.4) is 0 Å². The van der Waals surface area contributed by atoms with Gasteiger partial charge in [0.25, 0.3) is 11.7 Å². The van der Waals surface area contributed by atoms with Crippen molar-refractivity contribution in [3.63, 3.8) is 0 Å². The van der Waals surface area contributed by atoms with Crippen molar-refractivity contribution in [2.45, 2.75) is 13.3 Å². The molecule has 2 aromatic heterocycles. The van der Waals surface area contributed by atoms with Crippen LogP contribution in [0.4, 0.5) is 5.82 Å². The van der Waals surface area contributed by atoms with E-state index in [4.69, 9.17) is 9.47 Å². The predicted molar refractivity (Wildman–Crippen MR) is 133 cm³/mol. The Balaban J connectivity index is 1.43. The number of benzene rings is 2. The van der Waals surface area contributed by atoms with Crippen molar-refractivity contribution >= 4 is 17.5 Å². The van der Waals surface area contributed by atoms with Gasteiger partial charge in [-0.2, -0.15) is 14.6 Å². The molecular formula is C26H28N6O3. The van der Waals surface area contributed by atoms with E-state index in [1.807, 2.05) is 53.6 Å². The molecule has 1 saturated heterocycles. The molecule has 0 atom stereocenters. The summed E-state index contributed by atoms with van der Waals surface area (Å²) < 4.78 is 12.7. The maximum Gasteiger partial charge on any atom is 0.254 e. The molecule has 0 radical (unpaired) electrons. The molecule has 1 aliphatic rings. The van der Waals surface area contributed by atoms with E-state index in [2.05, 4.69) is 26.9 Å². The van der Waals surface area contributed by atoms with Crippen molar-refractivity contribution in [3.8, 4) is 22.6 Å². The van der Waals surface area contributed by atoms with Gasteiger partial charge in [-0.1, -0.05) is 25.1 Å². The first-order valence-electron chi connectivity index (χ1n) is 11.7. The van der Waals surface area contributed by atoms with Crippen molar-refractivity contribution in [2.24, 2.45) is 0 Å². The quantitative estimate of drug-likeness (QED) is 0.426. The Bertz CT molecular complexity index is 1340. The van der Waals surface area contributed by atoms with Crippen molar-refractivity contribution in [1.82, 2.24) is 24.5 Å². The molecule has 0 spiro atoms. The molecule has 1 aliphatic heterocycles. The molecule has 4 aromatic rings. The average Bonchev–Trinajstić information content (AvgIpc) is 3.41. The number of aryl methyl sites for hydroxylation is 1. The van der Waals surface area contributed by atoms with E-state index in [-0.39, 0.29) is 5.91 Å². The van der Waals surface area contributed by atoms with Gasteiger partial charge >= 0.3 is 0 Å². The zero-order valence-corrected chi connectivity index (χ0v) is 20.1. The highest BCUT2D eigenvalue weighted by Gasteiger charge is 2.26. The Labute approximate surface area is 203 Å². The monoisotopic (exact) mass is 472 g/mol. The number of piperazine rings is 1. The van der Waals surface area contributed by atoms with Crippen LogP contribution in [0.15, 0.2) is 55.0 Å². The zero-order chi connectivity index (χ0) is 24.4. The van der Waals surface area contributed by atoms with Crippen LogP contribution in [-0.2, 0) is 6.42 Å². The number of amides is 1. The third-order valence-corrected chi connectivity index (χ3v) is 6.45. The Hall–Kier alpha value is -4.14. The lowest BCUT2D eigenvalue weighted by Crippen LogP contribution is -2.49. The van der Waals surface area contributed by atoms with Gasteiger partial charge in [0.05, 0.1) is 14.2 Å². The molecule has 0 saturated carbocycles. The molecule has 0 aliphatic carbocycles. The fourth-order valence-electron chi connectivity index (χ4n) is 4.47. The smallest absolute Gasteiger partial charge is 0.254 e. The minimum atomic E-state index is 0.0630. The van der Waals surface area contributed by atoms with Gasteiger partial charge in [-0.05, 0) is 41.8 Å². The highest BCUT2D eigenvalue weighted by atomic mass is 16.5. The number of nitrogens with zero attached hydrogens (tertiary/aromatic N) is 6. The maximum atomic E-state index is 13.1. The molecule has 180 valence electrons. The number of methoxy groups -OCH3 is 2. The maximum absolute atomic E-state index is 13.1. The summed E-state index contributed by atoms with van der Waals surface area (Å²) in [5.74, 6) is 2.77. The topological polar surface area (TPSA) is 85.1 Å². The largest absolute Gasteiger partial charge is 0.493 e. The van der Waals surface area contributed by atoms with Crippen LogP contribution in [0.25, 0.3) is 16.9 Å². The fourth-order valence-corrected chi connectivity index (χ4v) is 4.47. The first kappa shape index (κ1) is 22.6. The molecule has 0 bridgehead atoms. The van der Waals surface area contributed by atoms with E-state index >= 15 is 0 Å². The summed E-state index contributed by atoms with van der Waals surface area (Å²) in [6.07, 6.45) is 4.27. The van der Waals surface area contributed by atoms with Gasteiger partial charge in [0.2, 0.25) is 0 Å². The normalized spacial score (nSPS) is 13.8. The SMILES string of the molecule is CCc1ccc(C(=O)N2CCN(c3c(-c4ccc(OC)c(OC)c4)cnc4ncnn34)CC2)cc1. The van der Waals surface area contributed by atoms with E-state index in [9.17, 15) is 4.79 Å². The number of ether oxygens (including phenoxy) is 2. The van der Waals surface area contributed by atoms with Gasteiger partial charge in [0.1, 0.15) is 12.1 Å². The van der Waals surface area contributed by atoms with Gasteiger partial charge in [0.15, 0.2) is 11.5 Å². The molecule has 0 N–H and O–H groups in total. The molecule has 3 heterocycles. The third kappa shape index (κ3) is 4.25. The first-order valence-corrected chi connectivity index (χ1v) is 11.7. The molecule has 9 heteroatoms. The summed E-state index contributed by atoms with van der Waals surface area (Å²) in [5.41, 5.74) is 3.78. The number of aromatic nitrogens is 4. The average molecular weight is 473 g/mol. The summed E-state index contributed by atoms with van der Waals surface area (Å²) in [4.78, 5) is 26.0. The van der Waals surface area contributed by atoms with Crippen LogP contribution < -0.4 is 14.4 Å². The van der Waals surface area contributed by atoms with Gasteiger partial charge in [-0.3, -0.25) is 4.79 Å². The molecule has 9 nitrogen and oxygen atoms in total. The number of hydrogen-bond acceptors (Lipinski definition) is 7. The molecule has 35 heavy (non-hydrogen) atoms. The second-order valence-electron chi connectivity index (χ2n) is 8.37. The second-order valence-corrected chi connectivity index (χ2v) is 8.37. The number of rotatable bonds is 6. The lowest BCUT2D eigenvalue weighted by atomic mass is 10.1. The minimum absolute atomic E-state index is 0.0630. The van der Waals surface area contributed by atoms with E-state index in [1.165, 1.54) is 11.9 Å². The molecule has 2 aromatic carbocycles. The van der Waals surface area contributed by atoms with Crippen LogP contribution in [0, 0.1) is 0 Å². The van der Waals surface area contributed by atoms with Crippen molar-refractivity contribution in [1.29, 1.82) is 0 Å². The van der Waals surface area contributed by atoms with Crippen LogP contribution in [0.5, 0.6) is 11.5 Å². The summed E-state index contributed by atoms with van der Waals surface area (Å²) >= 11 is 0. The molecule has 1 fully saturated rings. The highest BCUT2D eigenvalue weighted by molar-refractivity contribution is 5.94. The predicted octanol–water partition coefficient (Wildman–Crippen LogP) is 3.33. The summed E-state index contributed by atoms with van der Waals surface area (Å²) in [5, 5.41) is 4.44. The Morgan fingerprint density at radius 3 is 2.37 bits per heavy atom. The van der Waals surface area contributed by atoms with Crippen LogP contribution in [0.1, 0.15) is 22.8 Å². The molecular weight excluding hydrogens is 444 g/mol. The second kappa shape index (κ2) is 9.61. The number of hydrogen-bond donors (Lipinski definition) is 0. The lowest BCUT2D eigenvalue weighted by molar-refractivity contribution is 0.0746. The summed E-state index contributed by atoms with van der Waals surface area (Å²) in [6, 6.07) is 13.7. The molecule has 1 amide bonds. The van der Waals surface area contributed by atoms with E-state index < -0.39 is 0 Å². The van der Waals surface area contributed by atoms with Crippen LogP contribution in [-0.4, -0.2) is 70.8 Å². The Morgan fingerprint density at radius 2 is 1.69 bits per heavy atom. The number of carbonyl (C=O) groups excluding carboxylic acids is 1. The van der Waals surface area contributed by atoms with E-state index in [0.717, 1.165) is 28.9 Å². The highest BCUT2D eigenvalue weighted by Crippen LogP contribution is 2.36. The van der Waals surface area contributed by atoms with Crippen LogP contribution >= 0.6 is 0 Å². The van der Waals surface area contributed by atoms with Crippen molar-refractivity contribution in [3.05, 3.63) is 66.1 Å². The van der Waals surface area contributed by atoms with Gasteiger partial charge in [0, 0.05) is 43.5 Å². The van der Waals surface area contributed by atoms with Crippen molar-refractivity contribution < 1.29 is 14.3 Å². The van der Waals surface area contributed by atoms with Gasteiger partial charge in [-0.25, -0.2) is 4.98 Å². The fraction of sp³-hybridized carbons (Fsp3) is 0.308. The minimum Gasteiger partial charge on any atom is -0.493 e. The Morgan fingerprint density at radius 1 is 0.943 bits per heavy atom. The van der Waals surface area contributed by atoms with E-state index in [0.29, 0.717) is 43.5 Å². The van der Waals surface area contributed by atoms with E-state index in [1.54, 1.807) is 18.7 Å². The molecule has 5 rings (SSSR count). The number of fused-ring (bicyclic) bond motifs is 1. The lowest BCUT2D eigenvalue weighted by Gasteiger charge is -2.36. The summed E-state index contributed by atoms with van der Waals surface area (Å²) in [7, 11) is 3.23. The zero-order valence-electron chi connectivity index (χ0n) is 20.1. The molecule has 0 unspecified atom stereocenters. The van der Waals surface area contributed by atoms with Crippen LogP contribution in [0.2, 0.25) is 0 Å². The van der Waals surface area contributed by atoms with Crippen molar-refractivity contribution in [2.75, 3.05) is 45.3 Å². The first-order chi connectivity index (χ1) is 17.1. The van der Waals surface area contributed by atoms with Gasteiger partial charge < -0.3 is 19.3 Å². The summed E-state index contributed by atoms with van der Waals surface area (Å²) in [6.45, 7) is 4.66. The number of carbonyl (C=O) groups is 1. The standard InChI is InChI=1S/C26H28N6O3/c1-4-18-5-7-19(8-6-18)25(33)31-13-11-30(12-14-31)24-21(16-27-26-28-17-29-32(24)26)20-9-10-22(34-2)23(15-20)35-3/h5-10,15-17H,4,11-14H2,1-3H3. The number of anilines is 1. The van der Waals surface area contributed by atoms with Gasteiger partial charge in [-0.15, -0.1) is 0 Å². The Kier molecular flexibility index (Phi) is 6.22. The third-order valence-electron chi connectivity index (χ3n) is 6.45.